The Labute approximate surface area is 139 Å². The molecule has 4 rings (SSSR count). The molecule has 6 nitrogen and oxygen atoms in total. The lowest BCUT2D eigenvalue weighted by atomic mass is 9.88. The second kappa shape index (κ2) is 5.86. The Kier molecular flexibility index (Phi) is 3.98. The van der Waals surface area contributed by atoms with Crippen LogP contribution in [0.25, 0.3) is 0 Å². The minimum absolute atomic E-state index is 0.0505. The van der Waals surface area contributed by atoms with Gasteiger partial charge in [0.25, 0.3) is 0 Å². The molecule has 1 aromatic rings. The lowest BCUT2D eigenvalue weighted by molar-refractivity contribution is -0.153. The quantitative estimate of drug-likeness (QED) is 0.833. The van der Waals surface area contributed by atoms with E-state index in [1.165, 1.54) is 0 Å². The van der Waals surface area contributed by atoms with Crippen LogP contribution in [0.15, 0.2) is 6.07 Å². The Balaban J connectivity index is 1.64. The highest BCUT2D eigenvalue weighted by Gasteiger charge is 2.45. The molecule has 7 heteroatoms. The summed E-state index contributed by atoms with van der Waals surface area (Å²) < 4.78 is 22.8. The third kappa shape index (κ3) is 2.62. The molecule has 0 aromatic carbocycles. The van der Waals surface area contributed by atoms with Gasteiger partial charge in [0, 0.05) is 31.1 Å². The van der Waals surface area contributed by atoms with Gasteiger partial charge in [-0.05, 0) is 0 Å². The highest BCUT2D eigenvalue weighted by Crippen LogP contribution is 2.42. The van der Waals surface area contributed by atoms with Gasteiger partial charge < -0.3 is 24.1 Å². The number of pyridine rings is 1. The molecule has 1 atom stereocenters. The average Bonchev–Trinajstić information content (AvgIpc) is 2.97. The van der Waals surface area contributed by atoms with E-state index in [0.29, 0.717) is 44.8 Å². The van der Waals surface area contributed by atoms with Crippen LogP contribution >= 0.6 is 11.6 Å². The van der Waals surface area contributed by atoms with E-state index < -0.39 is 5.60 Å². The van der Waals surface area contributed by atoms with Gasteiger partial charge in [-0.1, -0.05) is 11.6 Å². The number of aliphatic hydroxyl groups is 1. The molecule has 0 bridgehead atoms. The van der Waals surface area contributed by atoms with Crippen molar-refractivity contribution < 1.29 is 24.1 Å². The molecule has 23 heavy (non-hydrogen) atoms. The summed E-state index contributed by atoms with van der Waals surface area (Å²) in [5.74, 6) is 0.731. The summed E-state index contributed by atoms with van der Waals surface area (Å²) in [6.45, 7) is 3.27. The molecule has 4 heterocycles. The van der Waals surface area contributed by atoms with Crippen molar-refractivity contribution in [2.45, 2.75) is 18.4 Å². The summed E-state index contributed by atoms with van der Waals surface area (Å²) in [5.41, 5.74) is 1.08. The Morgan fingerprint density at radius 2 is 2.13 bits per heavy atom. The van der Waals surface area contributed by atoms with E-state index in [9.17, 15) is 5.11 Å². The molecular formula is C16H20ClNO5. The van der Waals surface area contributed by atoms with Crippen LogP contribution in [-0.4, -0.2) is 56.3 Å². The third-order valence-electron chi connectivity index (χ3n) is 4.89. The number of aliphatic hydroxyl groups excluding tert-OH is 1. The van der Waals surface area contributed by atoms with Crippen molar-refractivity contribution in [2.24, 2.45) is 5.41 Å². The minimum atomic E-state index is -0.495. The maximum absolute atomic E-state index is 9.54. The van der Waals surface area contributed by atoms with E-state index in [0.717, 1.165) is 29.8 Å². The SMILES string of the molecule is OCC1(COc2cc(Cl)nc3c2CCOC32CCOC2)COC1. The van der Waals surface area contributed by atoms with Gasteiger partial charge in [-0.25, -0.2) is 4.98 Å². The van der Waals surface area contributed by atoms with Gasteiger partial charge >= 0.3 is 0 Å². The fraction of sp³-hybridized carbons (Fsp3) is 0.688. The summed E-state index contributed by atoms with van der Waals surface area (Å²) in [7, 11) is 0. The number of hydrogen-bond donors (Lipinski definition) is 1. The summed E-state index contributed by atoms with van der Waals surface area (Å²) in [5, 5.41) is 9.93. The van der Waals surface area contributed by atoms with Gasteiger partial charge in [-0.15, -0.1) is 0 Å². The maximum Gasteiger partial charge on any atom is 0.136 e. The van der Waals surface area contributed by atoms with Crippen molar-refractivity contribution in [2.75, 3.05) is 46.2 Å². The van der Waals surface area contributed by atoms with E-state index in [4.69, 9.17) is 30.5 Å². The van der Waals surface area contributed by atoms with Crippen molar-refractivity contribution in [3.05, 3.63) is 22.5 Å². The number of rotatable bonds is 4. The molecule has 0 aliphatic carbocycles. The molecule has 1 spiro atoms. The first-order valence-corrected chi connectivity index (χ1v) is 8.27. The summed E-state index contributed by atoms with van der Waals surface area (Å²) >= 11 is 6.21. The van der Waals surface area contributed by atoms with Gasteiger partial charge in [0.15, 0.2) is 0 Å². The Morgan fingerprint density at radius 1 is 1.26 bits per heavy atom. The zero-order valence-electron chi connectivity index (χ0n) is 12.8. The first-order chi connectivity index (χ1) is 11.2. The predicted molar refractivity (Wildman–Crippen MR) is 81.8 cm³/mol. The molecule has 0 saturated carbocycles. The number of halogens is 1. The third-order valence-corrected chi connectivity index (χ3v) is 5.08. The Hall–Kier alpha value is -0.920. The summed E-state index contributed by atoms with van der Waals surface area (Å²) in [6, 6.07) is 1.75. The molecule has 1 aromatic heterocycles. The number of ether oxygens (including phenoxy) is 4. The van der Waals surface area contributed by atoms with E-state index >= 15 is 0 Å². The molecule has 0 amide bonds. The highest BCUT2D eigenvalue weighted by molar-refractivity contribution is 6.29. The average molecular weight is 342 g/mol. The van der Waals surface area contributed by atoms with E-state index in [1.54, 1.807) is 6.07 Å². The molecule has 0 radical (unpaired) electrons. The van der Waals surface area contributed by atoms with Crippen molar-refractivity contribution in [1.82, 2.24) is 4.98 Å². The first kappa shape index (κ1) is 15.6. The zero-order chi connectivity index (χ0) is 15.9. The van der Waals surface area contributed by atoms with E-state index in [-0.39, 0.29) is 12.0 Å². The van der Waals surface area contributed by atoms with Gasteiger partial charge in [0.1, 0.15) is 23.1 Å². The monoisotopic (exact) mass is 341 g/mol. The second-order valence-corrected chi connectivity index (χ2v) is 6.99. The topological polar surface area (TPSA) is 70.0 Å². The van der Waals surface area contributed by atoms with Gasteiger partial charge in [0.2, 0.25) is 0 Å². The highest BCUT2D eigenvalue weighted by atomic mass is 35.5. The molecule has 1 unspecified atom stereocenters. The number of hydrogen-bond acceptors (Lipinski definition) is 6. The second-order valence-electron chi connectivity index (χ2n) is 6.61. The standard InChI is InChI=1S/C16H20ClNO5/c17-13-5-12(22-9-15(6-19)7-21-8-15)11-1-3-23-16(14(11)18-13)2-4-20-10-16/h5,19H,1-4,6-10H2. The van der Waals surface area contributed by atoms with Crippen LogP contribution in [-0.2, 0) is 26.2 Å². The van der Waals surface area contributed by atoms with Crippen molar-refractivity contribution in [3.63, 3.8) is 0 Å². The number of aromatic nitrogens is 1. The summed E-state index contributed by atoms with van der Waals surface area (Å²) in [4.78, 5) is 4.51. The molecule has 126 valence electrons. The van der Waals surface area contributed by atoms with E-state index in [2.05, 4.69) is 4.98 Å². The van der Waals surface area contributed by atoms with Crippen molar-refractivity contribution in [3.8, 4) is 5.75 Å². The fourth-order valence-corrected chi connectivity index (χ4v) is 3.55. The molecule has 1 N–H and O–H groups in total. The van der Waals surface area contributed by atoms with E-state index in [1.807, 2.05) is 0 Å². The first-order valence-electron chi connectivity index (χ1n) is 7.89. The fourth-order valence-electron chi connectivity index (χ4n) is 3.37. The molecule has 3 aliphatic rings. The Morgan fingerprint density at radius 3 is 2.78 bits per heavy atom. The van der Waals surface area contributed by atoms with Crippen molar-refractivity contribution in [1.29, 1.82) is 0 Å². The molecule has 2 fully saturated rings. The number of fused-ring (bicyclic) bond motifs is 2. The number of nitrogens with zero attached hydrogens (tertiary/aromatic N) is 1. The lowest BCUT2D eigenvalue weighted by Crippen LogP contribution is -2.50. The summed E-state index contributed by atoms with van der Waals surface area (Å²) in [6.07, 6.45) is 1.51. The van der Waals surface area contributed by atoms with Gasteiger partial charge in [0.05, 0.1) is 44.1 Å². The van der Waals surface area contributed by atoms with Gasteiger partial charge in [-0.2, -0.15) is 0 Å². The van der Waals surface area contributed by atoms with Crippen LogP contribution < -0.4 is 4.74 Å². The molecule has 3 aliphatic heterocycles. The van der Waals surface area contributed by atoms with Crippen LogP contribution in [0.4, 0.5) is 0 Å². The molecular weight excluding hydrogens is 322 g/mol. The van der Waals surface area contributed by atoms with Crippen molar-refractivity contribution >= 4 is 11.6 Å². The van der Waals surface area contributed by atoms with Gasteiger partial charge in [-0.3, -0.25) is 0 Å². The van der Waals surface area contributed by atoms with Crippen LogP contribution in [0.5, 0.6) is 5.75 Å². The van der Waals surface area contributed by atoms with Crippen LogP contribution in [0.2, 0.25) is 5.15 Å². The van der Waals surface area contributed by atoms with Crippen LogP contribution in [0.1, 0.15) is 17.7 Å². The minimum Gasteiger partial charge on any atom is -0.492 e. The predicted octanol–water partition coefficient (Wildman–Crippen LogP) is 1.31. The molecule has 2 saturated heterocycles. The zero-order valence-corrected chi connectivity index (χ0v) is 13.6. The van der Waals surface area contributed by atoms with Crippen LogP contribution in [0, 0.1) is 5.41 Å². The van der Waals surface area contributed by atoms with Crippen LogP contribution in [0.3, 0.4) is 0 Å². The largest absolute Gasteiger partial charge is 0.492 e. The maximum atomic E-state index is 9.54. The normalized spacial score (nSPS) is 28.4. The smallest absolute Gasteiger partial charge is 0.136 e. The lowest BCUT2D eigenvalue weighted by Gasteiger charge is -2.40. The Bertz CT molecular complexity index is 593.